The summed E-state index contributed by atoms with van der Waals surface area (Å²) in [4.78, 5) is 0. The van der Waals surface area contributed by atoms with Crippen molar-refractivity contribution in [1.29, 1.82) is 0 Å². The van der Waals surface area contributed by atoms with Crippen LogP contribution in [0, 0.1) is 6.42 Å². The zero-order valence-corrected chi connectivity index (χ0v) is 8.99. The fraction of sp³-hybridized carbons (Fsp3) is 0.300. The Bertz CT molecular complexity index is 201. The van der Waals surface area contributed by atoms with E-state index in [1.165, 1.54) is 5.56 Å². The van der Waals surface area contributed by atoms with Gasteiger partial charge < -0.3 is 5.32 Å². The van der Waals surface area contributed by atoms with Crippen molar-refractivity contribution in [3.05, 3.63) is 47.6 Å². The van der Waals surface area contributed by atoms with E-state index in [0.717, 1.165) is 0 Å². The zero-order valence-electron chi connectivity index (χ0n) is 8.99. The minimum atomic E-state index is 0. The van der Waals surface area contributed by atoms with Crippen LogP contribution in [0.2, 0.25) is 0 Å². The SMILES string of the molecule is C[N-][C@@H](C)[CH-]c1ccccc1.[Li+].[Li+]. The third kappa shape index (κ3) is 6.33. The van der Waals surface area contributed by atoms with Gasteiger partial charge >= 0.3 is 37.7 Å². The Labute approximate surface area is 105 Å². The number of likely N-dealkylation sites (N-methyl/N-ethyl adjacent to an activating group) is 1. The van der Waals surface area contributed by atoms with Crippen LogP contribution in [0.4, 0.5) is 0 Å². The molecule has 0 aliphatic carbocycles. The summed E-state index contributed by atoms with van der Waals surface area (Å²) in [6.07, 6.45) is 2.14. The van der Waals surface area contributed by atoms with Crippen molar-refractivity contribution >= 4 is 0 Å². The molecule has 0 bridgehead atoms. The third-order valence-corrected chi connectivity index (χ3v) is 1.64. The van der Waals surface area contributed by atoms with E-state index in [9.17, 15) is 0 Å². The Balaban J connectivity index is 0. The predicted molar refractivity (Wildman–Crippen MR) is 48.6 cm³/mol. The van der Waals surface area contributed by atoms with Crippen LogP contribution >= 0.6 is 0 Å². The molecule has 1 rings (SSSR count). The van der Waals surface area contributed by atoms with Crippen LogP contribution < -0.4 is 37.7 Å². The maximum atomic E-state index is 4.13. The molecule has 1 aromatic rings. The largest absolute Gasteiger partial charge is 1.00 e. The molecular formula is C10H13Li2N. The first kappa shape index (κ1) is 15.7. The molecule has 3 heteroatoms. The molecule has 1 aromatic carbocycles. The van der Waals surface area contributed by atoms with Crippen molar-refractivity contribution < 1.29 is 37.7 Å². The van der Waals surface area contributed by atoms with Crippen molar-refractivity contribution in [1.82, 2.24) is 0 Å². The Morgan fingerprint density at radius 2 is 1.69 bits per heavy atom. The van der Waals surface area contributed by atoms with Crippen molar-refractivity contribution in [3.8, 4) is 0 Å². The van der Waals surface area contributed by atoms with E-state index in [1.54, 1.807) is 0 Å². The molecule has 0 unspecified atom stereocenters. The van der Waals surface area contributed by atoms with Gasteiger partial charge in [-0.1, -0.05) is 13.0 Å². The molecule has 13 heavy (non-hydrogen) atoms. The first-order valence-electron chi connectivity index (χ1n) is 3.82. The molecule has 0 radical (unpaired) electrons. The molecule has 0 aliphatic rings. The van der Waals surface area contributed by atoms with Gasteiger partial charge in [0.2, 0.25) is 0 Å². The van der Waals surface area contributed by atoms with Gasteiger partial charge in [-0.2, -0.15) is 30.8 Å². The second-order valence-electron chi connectivity index (χ2n) is 2.58. The zero-order chi connectivity index (χ0) is 8.10. The number of rotatable bonds is 3. The topological polar surface area (TPSA) is 14.1 Å². The van der Waals surface area contributed by atoms with E-state index in [4.69, 9.17) is 0 Å². The smallest absolute Gasteiger partial charge is 0.669 e. The van der Waals surface area contributed by atoms with Crippen molar-refractivity contribution in [2.45, 2.75) is 13.0 Å². The molecule has 0 aliphatic heterocycles. The minimum absolute atomic E-state index is 0. The minimum Gasteiger partial charge on any atom is -0.669 e. The third-order valence-electron chi connectivity index (χ3n) is 1.64. The van der Waals surface area contributed by atoms with Gasteiger partial charge in [-0.3, -0.25) is 0 Å². The number of hydrogen-bond donors (Lipinski definition) is 0. The summed E-state index contributed by atoms with van der Waals surface area (Å²) in [5.74, 6) is 0. The molecule has 0 fully saturated rings. The average molecular weight is 161 g/mol. The molecule has 1 nitrogen and oxygen atoms in total. The summed E-state index contributed by atoms with van der Waals surface area (Å²) in [6.45, 7) is 2.08. The van der Waals surface area contributed by atoms with Gasteiger partial charge in [0.1, 0.15) is 0 Å². The molecule has 0 saturated heterocycles. The van der Waals surface area contributed by atoms with Crippen LogP contribution in [-0.2, 0) is 0 Å². The molecule has 0 saturated carbocycles. The van der Waals surface area contributed by atoms with Crippen molar-refractivity contribution in [3.63, 3.8) is 0 Å². The molecule has 0 amide bonds. The van der Waals surface area contributed by atoms with E-state index >= 15 is 0 Å². The van der Waals surface area contributed by atoms with E-state index in [2.05, 4.69) is 30.8 Å². The maximum absolute atomic E-state index is 4.13. The maximum Gasteiger partial charge on any atom is 1.00 e. The van der Waals surface area contributed by atoms with Gasteiger partial charge in [0.05, 0.1) is 0 Å². The summed E-state index contributed by atoms with van der Waals surface area (Å²) in [6, 6.07) is 10.6. The second-order valence-corrected chi connectivity index (χ2v) is 2.58. The average Bonchev–Trinajstić information content (AvgIpc) is 2.06. The van der Waals surface area contributed by atoms with Crippen LogP contribution in [0.5, 0.6) is 0 Å². The van der Waals surface area contributed by atoms with Crippen LogP contribution in [0.15, 0.2) is 30.3 Å². The van der Waals surface area contributed by atoms with Gasteiger partial charge in [-0.25, -0.2) is 6.42 Å². The van der Waals surface area contributed by atoms with Gasteiger partial charge in [0.15, 0.2) is 0 Å². The quantitative estimate of drug-likeness (QED) is 0.325. The van der Waals surface area contributed by atoms with E-state index in [0.29, 0.717) is 6.04 Å². The number of hydrogen-bond acceptors (Lipinski definition) is 0. The summed E-state index contributed by atoms with van der Waals surface area (Å²) in [5.41, 5.74) is 1.24. The van der Waals surface area contributed by atoms with E-state index < -0.39 is 0 Å². The normalized spacial score (nSPS) is 10.6. The van der Waals surface area contributed by atoms with E-state index in [-0.39, 0.29) is 37.7 Å². The summed E-state index contributed by atoms with van der Waals surface area (Å²) in [7, 11) is 1.84. The summed E-state index contributed by atoms with van der Waals surface area (Å²) >= 11 is 0. The molecule has 0 aromatic heterocycles. The standard InChI is InChI=1S/C10H13N.2Li/c1-9(11-2)8-10-6-4-3-5-7-10;;/h3-9H,1-2H3;;/q-2;2*+1/t9-;;/m0../s1. The van der Waals surface area contributed by atoms with Crippen molar-refractivity contribution in [2.24, 2.45) is 0 Å². The fourth-order valence-corrected chi connectivity index (χ4v) is 0.917. The number of benzene rings is 1. The Morgan fingerprint density at radius 1 is 1.15 bits per heavy atom. The Kier molecular flexibility index (Phi) is 10.7. The molecule has 0 heterocycles. The van der Waals surface area contributed by atoms with Crippen LogP contribution in [0.3, 0.4) is 0 Å². The number of nitrogens with zero attached hydrogens (tertiary/aromatic N) is 1. The predicted octanol–water partition coefficient (Wildman–Crippen LogP) is -3.36. The van der Waals surface area contributed by atoms with Gasteiger partial charge in [0.25, 0.3) is 0 Å². The fourth-order valence-electron chi connectivity index (χ4n) is 0.917. The van der Waals surface area contributed by atoms with Crippen LogP contribution in [0.1, 0.15) is 12.5 Å². The summed E-state index contributed by atoms with van der Waals surface area (Å²) in [5, 5.41) is 4.13. The molecular weight excluding hydrogens is 148 g/mol. The summed E-state index contributed by atoms with van der Waals surface area (Å²) < 4.78 is 0. The first-order chi connectivity index (χ1) is 5.33. The van der Waals surface area contributed by atoms with Crippen molar-refractivity contribution in [2.75, 3.05) is 7.05 Å². The van der Waals surface area contributed by atoms with Gasteiger partial charge in [-0.05, 0) is 0 Å². The monoisotopic (exact) mass is 161 g/mol. The Morgan fingerprint density at radius 3 is 2.15 bits per heavy atom. The Hall–Kier alpha value is 0.245. The van der Waals surface area contributed by atoms with Gasteiger partial charge in [-0.15, -0.1) is 12.1 Å². The van der Waals surface area contributed by atoms with Gasteiger partial charge in [0, 0.05) is 0 Å². The molecule has 0 spiro atoms. The van der Waals surface area contributed by atoms with Crippen LogP contribution in [-0.4, -0.2) is 13.1 Å². The second kappa shape index (κ2) is 8.83. The first-order valence-corrected chi connectivity index (χ1v) is 3.82. The van der Waals surface area contributed by atoms with E-state index in [1.807, 2.05) is 25.2 Å². The molecule has 0 N–H and O–H groups in total. The molecule has 1 atom stereocenters. The van der Waals surface area contributed by atoms with Crippen LogP contribution in [0.25, 0.3) is 5.32 Å². The molecule has 60 valence electrons.